The molecule has 3 aliphatic rings. The van der Waals surface area contributed by atoms with Crippen LogP contribution in [-0.2, 0) is 24.0 Å². The average molecular weight is 449 g/mol. The number of hydrogen-bond donors (Lipinski definition) is 3. The van der Waals surface area contributed by atoms with E-state index >= 15 is 0 Å². The second-order valence-electron chi connectivity index (χ2n) is 11.3. The maximum atomic E-state index is 13.4. The molecule has 0 spiro atoms. The van der Waals surface area contributed by atoms with Crippen LogP contribution < -0.4 is 16.4 Å². The van der Waals surface area contributed by atoms with E-state index in [2.05, 4.69) is 24.5 Å². The molecule has 0 radical (unpaired) electrons. The molecular weight excluding hydrogens is 412 g/mol. The van der Waals surface area contributed by atoms with Gasteiger partial charge in [0.15, 0.2) is 0 Å². The number of nitrogens with two attached hydrogens (primary N) is 1. The molecule has 4 N–H and O–H groups in total. The van der Waals surface area contributed by atoms with E-state index in [-0.39, 0.29) is 29.1 Å². The Kier molecular flexibility index (Phi) is 6.41. The van der Waals surface area contributed by atoms with Gasteiger partial charge in [-0.05, 0) is 35.0 Å². The van der Waals surface area contributed by atoms with Gasteiger partial charge in [0.25, 0.3) is 5.91 Å². The molecule has 0 bridgehead atoms. The number of nitrogens with zero attached hydrogens (tertiary/aromatic N) is 1. The van der Waals surface area contributed by atoms with Gasteiger partial charge >= 0.3 is 0 Å². The molecule has 0 aromatic rings. The van der Waals surface area contributed by atoms with Crippen molar-refractivity contribution in [2.24, 2.45) is 34.3 Å². The van der Waals surface area contributed by atoms with Crippen molar-refractivity contribution in [3.8, 4) is 0 Å². The fourth-order valence-electron chi connectivity index (χ4n) is 5.46. The highest BCUT2D eigenvalue weighted by Crippen LogP contribution is 2.65. The summed E-state index contributed by atoms with van der Waals surface area (Å²) in [4.78, 5) is 63.5. The zero-order valence-electron chi connectivity index (χ0n) is 19.6. The molecule has 9 heteroatoms. The van der Waals surface area contributed by atoms with Crippen molar-refractivity contribution in [2.75, 3.05) is 6.54 Å². The van der Waals surface area contributed by atoms with Crippen LogP contribution in [0.15, 0.2) is 0 Å². The van der Waals surface area contributed by atoms with E-state index in [4.69, 9.17) is 5.73 Å². The Morgan fingerprint density at radius 3 is 2.28 bits per heavy atom. The predicted octanol–water partition coefficient (Wildman–Crippen LogP) is 0.360. The van der Waals surface area contributed by atoms with Crippen LogP contribution in [0.25, 0.3) is 0 Å². The number of nitrogens with one attached hydrogen (secondary N) is 2. The number of carbonyl (C=O) groups excluding carboxylic acids is 5. The topological polar surface area (TPSA) is 139 Å². The van der Waals surface area contributed by atoms with Crippen molar-refractivity contribution in [1.29, 1.82) is 0 Å². The van der Waals surface area contributed by atoms with E-state index in [1.54, 1.807) is 0 Å². The average Bonchev–Trinajstić information content (AvgIpc) is 3.01. The summed E-state index contributed by atoms with van der Waals surface area (Å²) >= 11 is 0. The summed E-state index contributed by atoms with van der Waals surface area (Å²) in [5.74, 6) is -2.23. The highest BCUT2D eigenvalue weighted by atomic mass is 16.2. The molecule has 32 heavy (non-hydrogen) atoms. The number of amides is 4. The van der Waals surface area contributed by atoms with Crippen molar-refractivity contribution in [3.05, 3.63) is 0 Å². The number of Topliss-reactive ketones (excluding diaryl/α,β-unsaturated/α-hetero) is 1. The number of hydrogen-bond acceptors (Lipinski definition) is 5. The third-order valence-corrected chi connectivity index (χ3v) is 7.78. The Morgan fingerprint density at radius 2 is 1.81 bits per heavy atom. The monoisotopic (exact) mass is 448 g/mol. The van der Waals surface area contributed by atoms with Crippen LogP contribution in [0.4, 0.5) is 0 Å². The summed E-state index contributed by atoms with van der Waals surface area (Å²) in [6.07, 6.45) is 3.85. The number of carbonyl (C=O) groups is 5. The van der Waals surface area contributed by atoms with E-state index in [1.807, 2.05) is 20.8 Å². The van der Waals surface area contributed by atoms with E-state index in [0.717, 1.165) is 19.3 Å². The van der Waals surface area contributed by atoms with Gasteiger partial charge in [0.1, 0.15) is 12.1 Å². The van der Waals surface area contributed by atoms with Gasteiger partial charge in [0.2, 0.25) is 24.0 Å². The van der Waals surface area contributed by atoms with Crippen molar-refractivity contribution in [1.82, 2.24) is 15.5 Å². The van der Waals surface area contributed by atoms with Gasteiger partial charge in [0.05, 0.1) is 6.04 Å². The van der Waals surface area contributed by atoms with E-state index < -0.39 is 41.1 Å². The fourth-order valence-corrected chi connectivity index (χ4v) is 5.46. The molecule has 4 amide bonds. The number of primary amides is 1. The van der Waals surface area contributed by atoms with Crippen LogP contribution in [0.5, 0.6) is 0 Å². The van der Waals surface area contributed by atoms with Gasteiger partial charge in [-0.1, -0.05) is 53.9 Å². The fraction of sp³-hybridized carbons (Fsp3) is 0.783. The van der Waals surface area contributed by atoms with Crippen LogP contribution in [0, 0.1) is 28.6 Å². The molecule has 1 heterocycles. The van der Waals surface area contributed by atoms with E-state index in [1.165, 1.54) is 4.90 Å². The van der Waals surface area contributed by atoms with Crippen LogP contribution >= 0.6 is 0 Å². The number of ketones is 1. The first-order chi connectivity index (χ1) is 14.8. The number of rotatable bonds is 9. The third kappa shape index (κ3) is 4.38. The summed E-state index contributed by atoms with van der Waals surface area (Å²) in [7, 11) is 0. The molecule has 2 saturated carbocycles. The largest absolute Gasteiger partial charge is 0.363 e. The Bertz CT molecular complexity index is 814. The summed E-state index contributed by atoms with van der Waals surface area (Å²) in [6, 6.07) is -2.52. The van der Waals surface area contributed by atoms with Crippen molar-refractivity contribution < 1.29 is 24.0 Å². The first kappa shape index (κ1) is 24.2. The zero-order valence-corrected chi connectivity index (χ0v) is 19.6. The first-order valence-corrected chi connectivity index (χ1v) is 11.4. The summed E-state index contributed by atoms with van der Waals surface area (Å²) in [5.41, 5.74) is 4.58. The van der Waals surface area contributed by atoms with Gasteiger partial charge < -0.3 is 21.3 Å². The lowest BCUT2D eigenvalue weighted by atomic mass is 9.80. The Hall–Kier alpha value is -2.45. The molecular formula is C23H36N4O5. The van der Waals surface area contributed by atoms with Gasteiger partial charge in [-0.2, -0.15) is 0 Å². The SMILES string of the molecule is CC(C)(C)[C@H](NC=O)C(=O)N1C[C@H]2[C@@H]([C@H]1C(=O)NC(CC1CCC1)C(=O)C(N)=O)C2(C)C. The zero-order chi connectivity index (χ0) is 24.0. The lowest BCUT2D eigenvalue weighted by molar-refractivity contribution is -0.146. The maximum absolute atomic E-state index is 13.4. The van der Waals surface area contributed by atoms with Crippen molar-refractivity contribution in [2.45, 2.75) is 78.4 Å². The number of fused-ring (bicyclic) bond motifs is 1. The third-order valence-electron chi connectivity index (χ3n) is 7.78. The number of likely N-dealkylation sites (tertiary alicyclic amines) is 1. The van der Waals surface area contributed by atoms with Crippen LogP contribution in [-0.4, -0.2) is 59.5 Å². The van der Waals surface area contributed by atoms with Gasteiger partial charge in [0, 0.05) is 6.54 Å². The van der Waals surface area contributed by atoms with E-state index in [0.29, 0.717) is 19.4 Å². The molecule has 178 valence electrons. The summed E-state index contributed by atoms with van der Waals surface area (Å²) < 4.78 is 0. The molecule has 1 unspecified atom stereocenters. The second kappa shape index (κ2) is 8.48. The van der Waals surface area contributed by atoms with E-state index in [9.17, 15) is 24.0 Å². The smallest absolute Gasteiger partial charge is 0.287 e. The lowest BCUT2D eigenvalue weighted by Gasteiger charge is -2.37. The summed E-state index contributed by atoms with van der Waals surface area (Å²) in [5, 5.41) is 5.36. The van der Waals surface area contributed by atoms with Crippen LogP contribution in [0.2, 0.25) is 0 Å². The van der Waals surface area contributed by atoms with Crippen LogP contribution in [0.1, 0.15) is 60.3 Å². The molecule has 2 aliphatic carbocycles. The minimum atomic E-state index is -1.07. The standard InChI is InChI=1S/C23H36N4O5/c1-22(2,3)18(25-11-28)21(32)27-10-13-15(23(13,4)5)16(27)20(31)26-14(17(29)19(24)30)9-12-7-6-8-12/h11-16,18H,6-10H2,1-5H3,(H2,24,30)(H,25,28)(H,26,31)/t13-,14?,15-,16-,18+/m0/s1. The van der Waals surface area contributed by atoms with Crippen molar-refractivity contribution >= 4 is 29.9 Å². The predicted molar refractivity (Wildman–Crippen MR) is 117 cm³/mol. The van der Waals surface area contributed by atoms with Gasteiger partial charge in [-0.25, -0.2) is 0 Å². The second-order valence-corrected chi connectivity index (χ2v) is 11.3. The molecule has 5 atom stereocenters. The van der Waals surface area contributed by atoms with Gasteiger partial charge in [-0.15, -0.1) is 0 Å². The molecule has 0 aromatic carbocycles. The maximum Gasteiger partial charge on any atom is 0.287 e. The highest BCUT2D eigenvalue weighted by molar-refractivity contribution is 6.37. The highest BCUT2D eigenvalue weighted by Gasteiger charge is 2.69. The molecule has 3 rings (SSSR count). The molecule has 1 aliphatic heterocycles. The first-order valence-electron chi connectivity index (χ1n) is 11.4. The minimum absolute atomic E-state index is 0.0451. The summed E-state index contributed by atoms with van der Waals surface area (Å²) in [6.45, 7) is 10.1. The normalized spacial score (nSPS) is 28.0. The lowest BCUT2D eigenvalue weighted by Crippen LogP contribution is -2.59. The Morgan fingerprint density at radius 1 is 1.19 bits per heavy atom. The minimum Gasteiger partial charge on any atom is -0.363 e. The van der Waals surface area contributed by atoms with Crippen molar-refractivity contribution in [3.63, 3.8) is 0 Å². The Labute approximate surface area is 189 Å². The van der Waals surface area contributed by atoms with Crippen LogP contribution in [0.3, 0.4) is 0 Å². The Balaban J connectivity index is 1.83. The molecule has 0 aromatic heterocycles. The van der Waals surface area contributed by atoms with Gasteiger partial charge in [-0.3, -0.25) is 24.0 Å². The molecule has 9 nitrogen and oxygen atoms in total. The quantitative estimate of drug-likeness (QED) is 0.345. The molecule has 3 fully saturated rings. The molecule has 1 saturated heterocycles. The number of piperidine rings is 1.